The van der Waals surface area contributed by atoms with Gasteiger partial charge in [-0.2, -0.15) is 0 Å². The summed E-state index contributed by atoms with van der Waals surface area (Å²) in [5, 5.41) is 11.8. The Morgan fingerprint density at radius 1 is 1.22 bits per heavy atom. The minimum atomic E-state index is -0.309. The van der Waals surface area contributed by atoms with Crippen molar-refractivity contribution in [2.24, 2.45) is 11.8 Å². The number of hydrogen-bond acceptors (Lipinski definition) is 2. The third-order valence-corrected chi connectivity index (χ3v) is 3.59. The molecular weight excluding hydrogens is 233 g/mol. The molecule has 0 spiro atoms. The molecule has 1 aliphatic carbocycles. The SMILES string of the molecule is O=C(Nc1ccc(F)cc1)C1CCC(CO)CC1. The highest BCUT2D eigenvalue weighted by Crippen LogP contribution is 2.29. The van der Waals surface area contributed by atoms with Gasteiger partial charge in [0.25, 0.3) is 0 Å². The van der Waals surface area contributed by atoms with Gasteiger partial charge in [0, 0.05) is 18.2 Å². The van der Waals surface area contributed by atoms with E-state index in [4.69, 9.17) is 5.11 Å². The summed E-state index contributed by atoms with van der Waals surface area (Å²) in [4.78, 5) is 12.0. The number of aliphatic hydroxyl groups excluding tert-OH is 1. The van der Waals surface area contributed by atoms with E-state index in [0.717, 1.165) is 25.7 Å². The Kier molecular flexibility index (Phi) is 4.31. The molecule has 1 aliphatic rings. The first-order valence-corrected chi connectivity index (χ1v) is 6.36. The number of amides is 1. The molecule has 1 aromatic rings. The number of carbonyl (C=O) groups is 1. The molecule has 0 aliphatic heterocycles. The van der Waals surface area contributed by atoms with Crippen LogP contribution in [-0.2, 0) is 4.79 Å². The van der Waals surface area contributed by atoms with E-state index in [1.165, 1.54) is 12.1 Å². The lowest BCUT2D eigenvalue weighted by Gasteiger charge is -2.26. The molecular formula is C14H18FNO2. The van der Waals surface area contributed by atoms with Crippen LogP contribution in [0.25, 0.3) is 0 Å². The van der Waals surface area contributed by atoms with Gasteiger partial charge in [0.05, 0.1) is 0 Å². The summed E-state index contributed by atoms with van der Waals surface area (Å²) in [5.74, 6) is 0.0483. The molecule has 1 aromatic carbocycles. The third-order valence-electron chi connectivity index (χ3n) is 3.59. The molecule has 0 unspecified atom stereocenters. The Morgan fingerprint density at radius 3 is 2.39 bits per heavy atom. The zero-order chi connectivity index (χ0) is 13.0. The molecule has 98 valence electrons. The maximum atomic E-state index is 12.7. The van der Waals surface area contributed by atoms with Crippen molar-refractivity contribution in [2.45, 2.75) is 25.7 Å². The second-order valence-electron chi connectivity index (χ2n) is 4.90. The van der Waals surface area contributed by atoms with Gasteiger partial charge in [0.15, 0.2) is 0 Å². The Labute approximate surface area is 106 Å². The number of carbonyl (C=O) groups excluding carboxylic acids is 1. The first kappa shape index (κ1) is 13.0. The number of anilines is 1. The van der Waals surface area contributed by atoms with Crippen molar-refractivity contribution in [1.29, 1.82) is 0 Å². The van der Waals surface area contributed by atoms with E-state index in [1.54, 1.807) is 12.1 Å². The number of nitrogens with one attached hydrogen (secondary N) is 1. The maximum absolute atomic E-state index is 12.7. The zero-order valence-electron chi connectivity index (χ0n) is 10.2. The standard InChI is InChI=1S/C14H18FNO2/c15-12-5-7-13(8-6-12)16-14(18)11-3-1-10(9-17)2-4-11/h5-8,10-11,17H,1-4,9H2,(H,16,18). The first-order valence-electron chi connectivity index (χ1n) is 6.36. The molecule has 18 heavy (non-hydrogen) atoms. The van der Waals surface area contributed by atoms with Gasteiger partial charge in [0.2, 0.25) is 5.91 Å². The number of rotatable bonds is 3. The number of benzene rings is 1. The fourth-order valence-corrected chi connectivity index (χ4v) is 2.38. The van der Waals surface area contributed by atoms with E-state index >= 15 is 0 Å². The molecule has 0 atom stereocenters. The maximum Gasteiger partial charge on any atom is 0.227 e. The second kappa shape index (κ2) is 5.96. The first-order chi connectivity index (χ1) is 8.69. The van der Waals surface area contributed by atoms with Crippen molar-refractivity contribution in [1.82, 2.24) is 0 Å². The van der Waals surface area contributed by atoms with Crippen LogP contribution >= 0.6 is 0 Å². The van der Waals surface area contributed by atoms with Crippen LogP contribution in [0, 0.1) is 17.7 Å². The summed E-state index contributed by atoms with van der Waals surface area (Å²) in [6, 6.07) is 5.79. The highest BCUT2D eigenvalue weighted by molar-refractivity contribution is 5.92. The monoisotopic (exact) mass is 251 g/mol. The number of halogens is 1. The van der Waals surface area contributed by atoms with Gasteiger partial charge in [-0.1, -0.05) is 0 Å². The minimum Gasteiger partial charge on any atom is -0.396 e. The lowest BCUT2D eigenvalue weighted by Crippen LogP contribution is -2.28. The lowest BCUT2D eigenvalue weighted by atomic mass is 9.82. The zero-order valence-corrected chi connectivity index (χ0v) is 10.2. The van der Waals surface area contributed by atoms with Crippen LogP contribution in [0.5, 0.6) is 0 Å². The van der Waals surface area contributed by atoms with E-state index in [-0.39, 0.29) is 24.2 Å². The van der Waals surface area contributed by atoms with Gasteiger partial charge in [-0.05, 0) is 55.9 Å². The van der Waals surface area contributed by atoms with Crippen LogP contribution in [0.1, 0.15) is 25.7 Å². The topological polar surface area (TPSA) is 49.3 Å². The quantitative estimate of drug-likeness (QED) is 0.867. The highest BCUT2D eigenvalue weighted by atomic mass is 19.1. The Bertz CT molecular complexity index is 397. The smallest absolute Gasteiger partial charge is 0.227 e. The summed E-state index contributed by atoms with van der Waals surface area (Å²) in [6.07, 6.45) is 3.44. The van der Waals surface area contributed by atoms with Crippen LogP contribution in [0.3, 0.4) is 0 Å². The minimum absolute atomic E-state index is 0.00185. The molecule has 0 aromatic heterocycles. The van der Waals surface area contributed by atoms with E-state index in [9.17, 15) is 9.18 Å². The van der Waals surface area contributed by atoms with Gasteiger partial charge in [-0.25, -0.2) is 4.39 Å². The van der Waals surface area contributed by atoms with Crippen molar-refractivity contribution in [3.63, 3.8) is 0 Å². The molecule has 0 heterocycles. The van der Waals surface area contributed by atoms with Crippen LogP contribution in [-0.4, -0.2) is 17.6 Å². The second-order valence-corrected chi connectivity index (χ2v) is 4.90. The fourth-order valence-electron chi connectivity index (χ4n) is 2.38. The van der Waals surface area contributed by atoms with Crippen molar-refractivity contribution < 1.29 is 14.3 Å². The summed E-state index contributed by atoms with van der Waals surface area (Å²) in [5.41, 5.74) is 0.630. The molecule has 1 saturated carbocycles. The normalized spacial score (nSPS) is 23.7. The van der Waals surface area contributed by atoms with Crippen LogP contribution in [0.4, 0.5) is 10.1 Å². The Morgan fingerprint density at radius 2 is 1.83 bits per heavy atom. The molecule has 1 fully saturated rings. The average molecular weight is 251 g/mol. The molecule has 0 saturated heterocycles. The van der Waals surface area contributed by atoms with Crippen molar-refractivity contribution in [2.75, 3.05) is 11.9 Å². The van der Waals surface area contributed by atoms with Crippen molar-refractivity contribution in [3.05, 3.63) is 30.1 Å². The molecule has 1 amide bonds. The van der Waals surface area contributed by atoms with Gasteiger partial charge < -0.3 is 10.4 Å². The van der Waals surface area contributed by atoms with E-state index in [2.05, 4.69) is 5.32 Å². The Hall–Kier alpha value is -1.42. The van der Waals surface area contributed by atoms with E-state index < -0.39 is 0 Å². The summed E-state index contributed by atoms with van der Waals surface area (Å²) in [6.45, 7) is 0.215. The molecule has 0 bridgehead atoms. The lowest BCUT2D eigenvalue weighted by molar-refractivity contribution is -0.121. The molecule has 2 rings (SSSR count). The average Bonchev–Trinajstić information content (AvgIpc) is 2.41. The largest absolute Gasteiger partial charge is 0.396 e. The van der Waals surface area contributed by atoms with E-state index in [0.29, 0.717) is 11.6 Å². The summed E-state index contributed by atoms with van der Waals surface area (Å²) in [7, 11) is 0. The summed E-state index contributed by atoms with van der Waals surface area (Å²) >= 11 is 0. The van der Waals surface area contributed by atoms with Gasteiger partial charge in [-0.15, -0.1) is 0 Å². The van der Waals surface area contributed by atoms with Gasteiger partial charge in [0.1, 0.15) is 5.82 Å². The Balaban J connectivity index is 1.87. The van der Waals surface area contributed by atoms with Gasteiger partial charge >= 0.3 is 0 Å². The van der Waals surface area contributed by atoms with Crippen LogP contribution < -0.4 is 5.32 Å². The van der Waals surface area contributed by atoms with Crippen LogP contribution in [0.2, 0.25) is 0 Å². The third kappa shape index (κ3) is 3.29. The fraction of sp³-hybridized carbons (Fsp3) is 0.500. The molecule has 0 radical (unpaired) electrons. The van der Waals surface area contributed by atoms with Gasteiger partial charge in [-0.3, -0.25) is 4.79 Å². The van der Waals surface area contributed by atoms with Crippen molar-refractivity contribution in [3.8, 4) is 0 Å². The van der Waals surface area contributed by atoms with Crippen molar-refractivity contribution >= 4 is 11.6 Å². The molecule has 2 N–H and O–H groups in total. The van der Waals surface area contributed by atoms with Crippen LogP contribution in [0.15, 0.2) is 24.3 Å². The number of aliphatic hydroxyl groups is 1. The summed E-state index contributed by atoms with van der Waals surface area (Å²) < 4.78 is 12.7. The molecule has 3 nitrogen and oxygen atoms in total. The highest BCUT2D eigenvalue weighted by Gasteiger charge is 2.25. The molecule has 4 heteroatoms. The predicted molar refractivity (Wildman–Crippen MR) is 67.6 cm³/mol. The predicted octanol–water partition coefficient (Wildman–Crippen LogP) is 2.56. The number of hydrogen-bond donors (Lipinski definition) is 2. The van der Waals surface area contributed by atoms with E-state index in [1.807, 2.05) is 0 Å².